The van der Waals surface area contributed by atoms with Crippen molar-refractivity contribution in [2.24, 2.45) is 7.05 Å². The number of anilines is 1. The average Bonchev–Trinajstić information content (AvgIpc) is 3.06. The lowest BCUT2D eigenvalue weighted by atomic mass is 10.00. The molecule has 5 rings (SSSR count). The van der Waals surface area contributed by atoms with E-state index in [0.717, 1.165) is 48.6 Å². The van der Waals surface area contributed by atoms with Gasteiger partial charge in [0.05, 0.1) is 17.9 Å². The average molecular weight is 497 g/mol. The van der Waals surface area contributed by atoms with E-state index in [0.29, 0.717) is 12.2 Å². The van der Waals surface area contributed by atoms with Crippen LogP contribution in [0.15, 0.2) is 65.5 Å². The minimum atomic E-state index is -1.28. The third kappa shape index (κ3) is 3.44. The van der Waals surface area contributed by atoms with Gasteiger partial charge in [-0.3, -0.25) is 14.1 Å². The second kappa shape index (κ2) is 8.71. The number of hydrogen-bond donors (Lipinski definition) is 1. The molecule has 3 aromatic rings. The molecule has 0 saturated heterocycles. The Bertz CT molecular complexity index is 1200. The Kier molecular flexibility index (Phi) is 6.14. The summed E-state index contributed by atoms with van der Waals surface area (Å²) in [5, 5.41) is 12.1. The van der Waals surface area contributed by atoms with Crippen molar-refractivity contribution in [1.29, 1.82) is 0 Å². The van der Waals surface area contributed by atoms with Gasteiger partial charge in [-0.25, -0.2) is 4.68 Å². The molecule has 2 aliphatic heterocycles. The van der Waals surface area contributed by atoms with E-state index in [1.165, 1.54) is 6.42 Å². The van der Waals surface area contributed by atoms with Crippen LogP contribution in [0.3, 0.4) is 0 Å². The van der Waals surface area contributed by atoms with Gasteiger partial charge in [-0.05, 0) is 38.3 Å². The van der Waals surface area contributed by atoms with Crippen LogP contribution in [0.1, 0.15) is 36.9 Å². The highest BCUT2D eigenvalue weighted by molar-refractivity contribution is 5.97. The number of hydrogen-bond acceptors (Lipinski definition) is 3. The quantitative estimate of drug-likeness (QED) is 0.524. The van der Waals surface area contributed by atoms with Gasteiger partial charge in [-0.15, -0.1) is 0 Å². The van der Waals surface area contributed by atoms with E-state index < -0.39 is 5.72 Å². The van der Waals surface area contributed by atoms with Crippen molar-refractivity contribution in [2.75, 3.05) is 18.0 Å². The van der Waals surface area contributed by atoms with E-state index >= 15 is 0 Å². The predicted octanol–water partition coefficient (Wildman–Crippen LogP) is 0.139. The predicted molar refractivity (Wildman–Crippen MR) is 122 cm³/mol. The summed E-state index contributed by atoms with van der Waals surface area (Å²) in [5.74, 6) is 1.05. The highest BCUT2D eigenvalue weighted by Gasteiger charge is 2.56. The van der Waals surface area contributed by atoms with Gasteiger partial charge in [0.25, 0.3) is 11.6 Å². The monoisotopic (exact) mass is 496 g/mol. The van der Waals surface area contributed by atoms with Gasteiger partial charge in [-0.2, -0.15) is 4.90 Å². The van der Waals surface area contributed by atoms with Gasteiger partial charge in [0.1, 0.15) is 0 Å². The van der Waals surface area contributed by atoms with Crippen molar-refractivity contribution in [2.45, 2.75) is 38.3 Å². The largest absolute Gasteiger partial charge is 1.00 e. The number of rotatable bonds is 3. The van der Waals surface area contributed by atoms with Crippen molar-refractivity contribution in [1.82, 2.24) is 9.36 Å². The molecule has 32 heavy (non-hydrogen) atoms. The van der Waals surface area contributed by atoms with Crippen molar-refractivity contribution in [3.8, 4) is 5.69 Å². The molecule has 0 radical (unpaired) electrons. The molecule has 6 nitrogen and oxygen atoms in total. The Morgan fingerprint density at radius 1 is 0.969 bits per heavy atom. The van der Waals surface area contributed by atoms with Gasteiger partial charge >= 0.3 is 5.56 Å². The first kappa shape index (κ1) is 22.6. The highest BCUT2D eigenvalue weighted by Crippen LogP contribution is 2.38. The summed E-state index contributed by atoms with van der Waals surface area (Å²) >= 11 is 0. The fourth-order valence-electron chi connectivity index (χ4n) is 5.07. The standard InChI is InChI=1S/C25H29N4O2.BrH/c1-19-23(24(30)29(26(19)2)21-14-8-4-9-15-21)28-22-16-10-5-11-17-27(22)18-25(28,31)20-12-6-3-7-13-20;/h3-4,6-9,12-15,31H,5,10-11,16-18H2,1-2H3;1H/q+1;/p-1. The number of benzene rings is 2. The molecule has 0 fully saturated rings. The minimum Gasteiger partial charge on any atom is -1.00 e. The minimum absolute atomic E-state index is 0. The summed E-state index contributed by atoms with van der Waals surface area (Å²) in [4.78, 5) is 15.8. The summed E-state index contributed by atoms with van der Waals surface area (Å²) in [6.45, 7) is 3.33. The lowest BCUT2D eigenvalue weighted by Gasteiger charge is -2.28. The molecule has 0 spiro atoms. The van der Waals surface area contributed by atoms with Crippen LogP contribution in [0.25, 0.3) is 5.69 Å². The SMILES string of the molecule is Cc1c(N2C3=[N+](CCCCC3)CC2(O)c2ccccc2)c(=O)n(-c2ccccc2)n1C.[Br-]. The van der Waals surface area contributed by atoms with Crippen LogP contribution in [0.4, 0.5) is 5.69 Å². The van der Waals surface area contributed by atoms with Crippen LogP contribution >= 0.6 is 0 Å². The Labute approximate surface area is 198 Å². The highest BCUT2D eigenvalue weighted by atomic mass is 79.9. The molecule has 168 valence electrons. The van der Waals surface area contributed by atoms with E-state index in [-0.39, 0.29) is 22.5 Å². The molecule has 3 heterocycles. The van der Waals surface area contributed by atoms with Crippen LogP contribution in [0.5, 0.6) is 0 Å². The zero-order valence-electron chi connectivity index (χ0n) is 18.5. The van der Waals surface area contributed by atoms with E-state index in [2.05, 4.69) is 4.58 Å². The van der Waals surface area contributed by atoms with Crippen molar-refractivity contribution < 1.29 is 26.7 Å². The van der Waals surface area contributed by atoms with Crippen molar-refractivity contribution in [3.05, 3.63) is 82.3 Å². The smallest absolute Gasteiger partial charge is 0.318 e. The van der Waals surface area contributed by atoms with E-state index in [1.807, 2.05) is 84.2 Å². The van der Waals surface area contributed by atoms with Crippen LogP contribution in [-0.2, 0) is 12.8 Å². The number of nitrogens with zero attached hydrogens (tertiary/aromatic N) is 4. The van der Waals surface area contributed by atoms with Crippen LogP contribution in [-0.4, -0.2) is 38.0 Å². The van der Waals surface area contributed by atoms with Crippen LogP contribution < -0.4 is 27.4 Å². The van der Waals surface area contributed by atoms with Crippen LogP contribution in [0, 0.1) is 6.92 Å². The molecule has 0 aliphatic carbocycles. The van der Waals surface area contributed by atoms with Gasteiger partial charge in [0, 0.05) is 19.0 Å². The first-order chi connectivity index (χ1) is 15.0. The maximum absolute atomic E-state index is 13.8. The first-order valence-electron chi connectivity index (χ1n) is 11.1. The summed E-state index contributed by atoms with van der Waals surface area (Å²) in [7, 11) is 1.90. The van der Waals surface area contributed by atoms with Gasteiger partial charge in [0.15, 0.2) is 6.54 Å². The summed E-state index contributed by atoms with van der Waals surface area (Å²) in [6, 6.07) is 19.4. The van der Waals surface area contributed by atoms with Crippen molar-refractivity contribution >= 4 is 11.5 Å². The molecule has 1 unspecified atom stereocenters. The summed E-state index contributed by atoms with van der Waals surface area (Å²) in [5.41, 5.74) is 1.62. The summed E-state index contributed by atoms with van der Waals surface area (Å²) in [6.07, 6.45) is 4.18. The molecule has 1 aromatic heterocycles. The summed E-state index contributed by atoms with van der Waals surface area (Å²) < 4.78 is 5.85. The second-order valence-corrected chi connectivity index (χ2v) is 8.58. The van der Waals surface area contributed by atoms with E-state index in [1.54, 1.807) is 4.68 Å². The third-order valence-electron chi connectivity index (χ3n) is 6.72. The molecule has 0 amide bonds. The lowest BCUT2D eigenvalue weighted by Crippen LogP contribution is -3.00. The molecular formula is C25H29BrN4O2. The zero-order chi connectivity index (χ0) is 21.6. The normalized spacial score (nSPS) is 20.7. The number of para-hydroxylation sites is 1. The molecule has 2 aromatic carbocycles. The maximum atomic E-state index is 13.8. The fourth-order valence-corrected chi connectivity index (χ4v) is 5.07. The Hall–Kier alpha value is -2.64. The van der Waals surface area contributed by atoms with Gasteiger partial charge in [0.2, 0.25) is 5.69 Å². The third-order valence-corrected chi connectivity index (χ3v) is 6.72. The number of aliphatic hydroxyl groups is 1. The Morgan fingerprint density at radius 2 is 1.62 bits per heavy atom. The lowest BCUT2D eigenvalue weighted by molar-refractivity contribution is -0.534. The van der Waals surface area contributed by atoms with Crippen molar-refractivity contribution in [3.63, 3.8) is 0 Å². The Balaban J connectivity index is 0.00000245. The molecular weight excluding hydrogens is 468 g/mol. The van der Waals surface area contributed by atoms with Gasteiger partial charge < -0.3 is 22.1 Å². The molecule has 0 bridgehead atoms. The first-order valence-corrected chi connectivity index (χ1v) is 11.1. The Morgan fingerprint density at radius 3 is 2.31 bits per heavy atom. The molecule has 0 saturated carbocycles. The number of halogens is 1. The number of aromatic nitrogens is 2. The molecule has 1 N–H and O–H groups in total. The van der Waals surface area contributed by atoms with Gasteiger partial charge in [-0.1, -0.05) is 48.5 Å². The molecule has 2 aliphatic rings. The molecule has 7 heteroatoms. The van der Waals surface area contributed by atoms with E-state index in [4.69, 9.17) is 0 Å². The molecule has 1 atom stereocenters. The zero-order valence-corrected chi connectivity index (χ0v) is 20.1. The topological polar surface area (TPSA) is 53.4 Å². The maximum Gasteiger partial charge on any atom is 0.318 e. The number of amidine groups is 1. The van der Waals surface area contributed by atoms with Crippen LogP contribution in [0.2, 0.25) is 0 Å². The fraction of sp³-hybridized carbons (Fsp3) is 0.360. The second-order valence-electron chi connectivity index (χ2n) is 8.58. The van der Waals surface area contributed by atoms with E-state index in [9.17, 15) is 9.90 Å².